The molecular weight excluding hydrogens is 169 g/mol. The van der Waals surface area contributed by atoms with Crippen LogP contribution in [0.15, 0.2) is 12.4 Å². The van der Waals surface area contributed by atoms with Crippen molar-refractivity contribution in [3.63, 3.8) is 0 Å². The van der Waals surface area contributed by atoms with Crippen LogP contribution in [0.4, 0.5) is 13.2 Å². The van der Waals surface area contributed by atoms with Gasteiger partial charge in [0.2, 0.25) is 0 Å². The third kappa shape index (κ3) is 2.06. The highest BCUT2D eigenvalue weighted by molar-refractivity contribution is 4.91. The average molecular weight is 180 g/mol. The van der Waals surface area contributed by atoms with Crippen LogP contribution in [0.3, 0.4) is 0 Å². The fraction of sp³-hybridized carbons (Fsp3) is 0.714. The van der Waals surface area contributed by atoms with Gasteiger partial charge in [0, 0.05) is 18.9 Å². The van der Waals surface area contributed by atoms with Gasteiger partial charge in [-0.15, -0.1) is 0 Å². The van der Waals surface area contributed by atoms with Crippen molar-refractivity contribution in [1.82, 2.24) is 9.80 Å². The van der Waals surface area contributed by atoms with Gasteiger partial charge in [-0.3, -0.25) is 4.90 Å². The number of alkyl halides is 3. The third-order valence-corrected chi connectivity index (χ3v) is 1.63. The second kappa shape index (κ2) is 3.25. The molecule has 0 aromatic rings. The molecule has 0 unspecified atom stereocenters. The van der Waals surface area contributed by atoms with Crippen LogP contribution < -0.4 is 0 Å². The summed E-state index contributed by atoms with van der Waals surface area (Å²) >= 11 is 0. The molecule has 0 spiro atoms. The van der Waals surface area contributed by atoms with Gasteiger partial charge in [-0.05, 0) is 6.42 Å². The van der Waals surface area contributed by atoms with Crippen LogP contribution in [0.2, 0.25) is 0 Å². The Balaban J connectivity index is 2.42. The lowest BCUT2D eigenvalue weighted by atomic mass is 10.4. The highest BCUT2D eigenvalue weighted by Gasteiger charge is 2.37. The molecule has 2 nitrogen and oxygen atoms in total. The SMILES string of the molecule is CCCN1C=CN(C(F)(F)F)C1. The van der Waals surface area contributed by atoms with Gasteiger partial charge in [0.05, 0.1) is 6.67 Å². The predicted molar refractivity (Wildman–Crippen MR) is 38.9 cm³/mol. The molecule has 0 fully saturated rings. The van der Waals surface area contributed by atoms with Crippen molar-refractivity contribution in [1.29, 1.82) is 0 Å². The molecular formula is C7H11F3N2. The summed E-state index contributed by atoms with van der Waals surface area (Å²) in [5, 5.41) is 0. The summed E-state index contributed by atoms with van der Waals surface area (Å²) in [5.74, 6) is 0. The van der Waals surface area contributed by atoms with Crippen molar-refractivity contribution < 1.29 is 13.2 Å². The van der Waals surface area contributed by atoms with Gasteiger partial charge in [0.25, 0.3) is 0 Å². The highest BCUT2D eigenvalue weighted by Crippen LogP contribution is 2.24. The van der Waals surface area contributed by atoms with Crippen molar-refractivity contribution >= 4 is 0 Å². The fourth-order valence-corrected chi connectivity index (χ4v) is 1.06. The Bertz CT molecular complexity index is 176. The molecule has 1 aliphatic heterocycles. The van der Waals surface area contributed by atoms with E-state index in [2.05, 4.69) is 0 Å². The van der Waals surface area contributed by atoms with E-state index in [-0.39, 0.29) is 6.67 Å². The van der Waals surface area contributed by atoms with Gasteiger partial charge in [0.1, 0.15) is 0 Å². The minimum Gasteiger partial charge on any atom is -0.358 e. The highest BCUT2D eigenvalue weighted by atomic mass is 19.4. The number of hydrogen-bond donors (Lipinski definition) is 0. The van der Waals surface area contributed by atoms with Crippen LogP contribution in [-0.4, -0.2) is 29.3 Å². The van der Waals surface area contributed by atoms with Gasteiger partial charge in [0.15, 0.2) is 0 Å². The van der Waals surface area contributed by atoms with Gasteiger partial charge in [-0.2, -0.15) is 13.2 Å². The lowest BCUT2D eigenvalue weighted by Gasteiger charge is -2.22. The first-order valence-corrected chi connectivity index (χ1v) is 3.80. The first-order valence-electron chi connectivity index (χ1n) is 3.80. The Kier molecular flexibility index (Phi) is 2.49. The largest absolute Gasteiger partial charge is 0.485 e. The summed E-state index contributed by atoms with van der Waals surface area (Å²) in [5.41, 5.74) is 0. The Hall–Kier alpha value is -0.870. The van der Waals surface area contributed by atoms with Crippen LogP contribution in [0.1, 0.15) is 13.3 Å². The van der Waals surface area contributed by atoms with E-state index in [1.54, 1.807) is 4.90 Å². The van der Waals surface area contributed by atoms with Crippen molar-refractivity contribution in [2.24, 2.45) is 0 Å². The lowest BCUT2D eigenvalue weighted by molar-refractivity contribution is -0.230. The first-order chi connectivity index (χ1) is 5.54. The van der Waals surface area contributed by atoms with Crippen LogP contribution in [0.5, 0.6) is 0 Å². The molecule has 0 N–H and O–H groups in total. The first kappa shape index (κ1) is 9.22. The number of halogens is 3. The predicted octanol–water partition coefficient (Wildman–Crippen LogP) is 1.96. The normalized spacial score (nSPS) is 17.7. The zero-order chi connectivity index (χ0) is 9.19. The minimum absolute atomic E-state index is 0.0721. The molecule has 1 heterocycles. The third-order valence-electron chi connectivity index (χ3n) is 1.63. The second-order valence-corrected chi connectivity index (χ2v) is 2.69. The summed E-state index contributed by atoms with van der Waals surface area (Å²) in [6.07, 6.45) is -0.846. The Morgan fingerprint density at radius 3 is 2.42 bits per heavy atom. The molecule has 12 heavy (non-hydrogen) atoms. The molecule has 0 aliphatic carbocycles. The molecule has 0 amide bonds. The molecule has 0 saturated heterocycles. The zero-order valence-electron chi connectivity index (χ0n) is 6.80. The summed E-state index contributed by atoms with van der Waals surface area (Å²) < 4.78 is 36.1. The number of nitrogens with zero attached hydrogens (tertiary/aromatic N) is 2. The standard InChI is InChI=1S/C7H11F3N2/c1-2-3-11-4-5-12(6-11)7(8,9)10/h4-5H,2-3,6H2,1H3. The maximum Gasteiger partial charge on any atom is 0.485 e. The molecule has 0 aromatic carbocycles. The summed E-state index contributed by atoms with van der Waals surface area (Å²) in [6, 6.07) is 0. The maximum atomic E-state index is 12.0. The molecule has 0 bridgehead atoms. The summed E-state index contributed by atoms with van der Waals surface area (Å²) in [6.45, 7) is 2.53. The van der Waals surface area contributed by atoms with Gasteiger partial charge in [-0.1, -0.05) is 6.92 Å². The van der Waals surface area contributed by atoms with E-state index >= 15 is 0 Å². The molecule has 0 radical (unpaired) electrons. The van der Waals surface area contributed by atoms with Crippen LogP contribution >= 0.6 is 0 Å². The molecule has 0 saturated carbocycles. The summed E-state index contributed by atoms with van der Waals surface area (Å²) in [4.78, 5) is 2.00. The smallest absolute Gasteiger partial charge is 0.358 e. The minimum atomic E-state index is -4.24. The molecule has 0 aromatic heterocycles. The monoisotopic (exact) mass is 180 g/mol. The molecule has 5 heteroatoms. The quantitative estimate of drug-likeness (QED) is 0.599. The van der Waals surface area contributed by atoms with Gasteiger partial charge >= 0.3 is 6.30 Å². The van der Waals surface area contributed by atoms with E-state index in [1.165, 1.54) is 6.20 Å². The van der Waals surface area contributed by atoms with E-state index in [0.717, 1.165) is 12.6 Å². The molecule has 70 valence electrons. The van der Waals surface area contributed by atoms with Crippen molar-refractivity contribution in [2.45, 2.75) is 19.6 Å². The van der Waals surface area contributed by atoms with E-state index in [4.69, 9.17) is 0 Å². The number of rotatable bonds is 2. The Labute approximate surface area is 69.2 Å². The Morgan fingerprint density at radius 1 is 1.33 bits per heavy atom. The second-order valence-electron chi connectivity index (χ2n) is 2.69. The van der Waals surface area contributed by atoms with E-state index in [0.29, 0.717) is 11.4 Å². The van der Waals surface area contributed by atoms with Crippen LogP contribution in [0.25, 0.3) is 0 Å². The molecule has 0 atom stereocenters. The number of hydrogen-bond acceptors (Lipinski definition) is 2. The topological polar surface area (TPSA) is 6.48 Å². The molecule has 1 rings (SSSR count). The van der Waals surface area contributed by atoms with E-state index in [9.17, 15) is 13.2 Å². The van der Waals surface area contributed by atoms with Crippen molar-refractivity contribution in [3.05, 3.63) is 12.4 Å². The van der Waals surface area contributed by atoms with Gasteiger partial charge < -0.3 is 4.90 Å². The fourth-order valence-electron chi connectivity index (χ4n) is 1.06. The Morgan fingerprint density at radius 2 is 2.00 bits per heavy atom. The van der Waals surface area contributed by atoms with Crippen LogP contribution in [0, 0.1) is 0 Å². The zero-order valence-corrected chi connectivity index (χ0v) is 6.80. The van der Waals surface area contributed by atoms with Gasteiger partial charge in [-0.25, -0.2) is 0 Å². The van der Waals surface area contributed by atoms with E-state index in [1.807, 2.05) is 6.92 Å². The van der Waals surface area contributed by atoms with E-state index < -0.39 is 6.30 Å². The van der Waals surface area contributed by atoms with Crippen molar-refractivity contribution in [2.75, 3.05) is 13.2 Å². The summed E-state index contributed by atoms with van der Waals surface area (Å²) in [7, 11) is 0. The average Bonchev–Trinajstić information content (AvgIpc) is 2.35. The van der Waals surface area contributed by atoms with Crippen LogP contribution in [-0.2, 0) is 0 Å². The lowest BCUT2D eigenvalue weighted by Crippen LogP contribution is -2.36. The maximum absolute atomic E-state index is 12.0. The molecule has 1 aliphatic rings. The van der Waals surface area contributed by atoms with Crippen molar-refractivity contribution in [3.8, 4) is 0 Å².